The molecule has 154 valence electrons. The lowest BCUT2D eigenvalue weighted by Gasteiger charge is -2.18. The Morgan fingerprint density at radius 3 is 2.47 bits per heavy atom. The van der Waals surface area contributed by atoms with E-state index in [1.54, 1.807) is 6.08 Å². The molecule has 0 bridgehead atoms. The van der Waals surface area contributed by atoms with Crippen LogP contribution in [0.4, 0.5) is 5.82 Å². The topological polar surface area (TPSA) is 68.0 Å². The van der Waals surface area contributed by atoms with Crippen molar-refractivity contribution in [1.29, 1.82) is 0 Å². The first-order valence-electron chi connectivity index (χ1n) is 10.4. The highest BCUT2D eigenvalue weighted by Gasteiger charge is 2.17. The van der Waals surface area contributed by atoms with Crippen LogP contribution in [0.15, 0.2) is 53.2 Å². The molecule has 5 heteroatoms. The van der Waals surface area contributed by atoms with Gasteiger partial charge in [0.2, 0.25) is 11.7 Å². The van der Waals surface area contributed by atoms with Crippen molar-refractivity contribution >= 4 is 17.8 Å². The predicted molar refractivity (Wildman–Crippen MR) is 119 cm³/mol. The molecule has 1 heterocycles. The van der Waals surface area contributed by atoms with Crippen LogP contribution in [0.3, 0.4) is 0 Å². The summed E-state index contributed by atoms with van der Waals surface area (Å²) in [6.45, 7) is 6.53. The lowest BCUT2D eigenvalue weighted by Crippen LogP contribution is -2.10. The van der Waals surface area contributed by atoms with E-state index in [-0.39, 0.29) is 11.3 Å². The summed E-state index contributed by atoms with van der Waals surface area (Å²) in [5, 5.41) is 10.7. The zero-order valence-electron chi connectivity index (χ0n) is 17.7. The zero-order chi connectivity index (χ0) is 21.1. The smallest absolute Gasteiger partial charge is 0.249 e. The van der Waals surface area contributed by atoms with Gasteiger partial charge in [0.05, 0.1) is 0 Å². The van der Waals surface area contributed by atoms with Crippen molar-refractivity contribution in [1.82, 2.24) is 10.3 Å². The van der Waals surface area contributed by atoms with Crippen LogP contribution in [-0.4, -0.2) is 16.2 Å². The van der Waals surface area contributed by atoms with Crippen molar-refractivity contribution in [2.75, 3.05) is 5.32 Å². The second-order valence-electron chi connectivity index (χ2n) is 8.85. The van der Waals surface area contributed by atoms with Crippen LogP contribution < -0.4 is 5.32 Å². The SMILES string of the molecule is CC(C)(C)c1ccc(/C=C/C(=O)Nc2nonc2-c2ccc3c(c2)CCCC3)cc1. The number of rotatable bonds is 4. The molecule has 1 aliphatic carbocycles. The van der Waals surface area contributed by atoms with Gasteiger partial charge in [-0.25, -0.2) is 4.63 Å². The molecular formula is C25H27N3O2. The van der Waals surface area contributed by atoms with Gasteiger partial charge < -0.3 is 5.32 Å². The van der Waals surface area contributed by atoms with Crippen molar-refractivity contribution in [3.8, 4) is 11.3 Å². The molecule has 0 radical (unpaired) electrons. The number of hydrogen-bond donors (Lipinski definition) is 1. The number of carbonyl (C=O) groups is 1. The number of hydrogen-bond acceptors (Lipinski definition) is 4. The molecule has 1 N–H and O–H groups in total. The van der Waals surface area contributed by atoms with Crippen molar-refractivity contribution < 1.29 is 9.42 Å². The van der Waals surface area contributed by atoms with Crippen molar-refractivity contribution in [2.45, 2.75) is 51.9 Å². The number of nitrogens with zero attached hydrogens (tertiary/aromatic N) is 2. The first kappa shape index (κ1) is 20.1. The van der Waals surface area contributed by atoms with Crippen LogP contribution in [0.25, 0.3) is 17.3 Å². The molecule has 0 aliphatic heterocycles. The summed E-state index contributed by atoms with van der Waals surface area (Å²) < 4.78 is 4.91. The maximum absolute atomic E-state index is 12.4. The monoisotopic (exact) mass is 401 g/mol. The first-order chi connectivity index (χ1) is 14.4. The van der Waals surface area contributed by atoms with E-state index in [9.17, 15) is 4.79 Å². The van der Waals surface area contributed by atoms with Crippen LogP contribution in [-0.2, 0) is 23.1 Å². The molecule has 30 heavy (non-hydrogen) atoms. The van der Waals surface area contributed by atoms with E-state index in [1.807, 2.05) is 18.2 Å². The third-order valence-electron chi connectivity index (χ3n) is 5.56. The number of benzene rings is 2. The third kappa shape index (κ3) is 4.51. The molecule has 0 saturated carbocycles. The molecule has 0 spiro atoms. The Bertz CT molecular complexity index is 1070. The van der Waals surface area contributed by atoms with Crippen LogP contribution in [0.2, 0.25) is 0 Å². The highest BCUT2D eigenvalue weighted by molar-refractivity contribution is 6.03. The van der Waals surface area contributed by atoms with Gasteiger partial charge in [0.1, 0.15) is 0 Å². The highest BCUT2D eigenvalue weighted by Crippen LogP contribution is 2.30. The summed E-state index contributed by atoms with van der Waals surface area (Å²) in [7, 11) is 0. The van der Waals surface area contributed by atoms with Gasteiger partial charge in [-0.2, -0.15) is 0 Å². The fraction of sp³-hybridized carbons (Fsp3) is 0.320. The predicted octanol–water partition coefficient (Wildman–Crippen LogP) is 5.56. The number of aryl methyl sites for hydroxylation is 2. The van der Waals surface area contributed by atoms with Gasteiger partial charge in [0, 0.05) is 11.6 Å². The number of amides is 1. The second kappa shape index (κ2) is 8.27. The Labute approximate surface area is 177 Å². The Morgan fingerprint density at radius 1 is 1.00 bits per heavy atom. The summed E-state index contributed by atoms with van der Waals surface area (Å²) in [5.41, 5.74) is 6.53. The molecule has 1 amide bonds. The molecule has 1 aliphatic rings. The zero-order valence-corrected chi connectivity index (χ0v) is 17.7. The van der Waals surface area contributed by atoms with Gasteiger partial charge in [-0.1, -0.05) is 57.2 Å². The Morgan fingerprint density at radius 2 is 1.73 bits per heavy atom. The van der Waals surface area contributed by atoms with Gasteiger partial charge >= 0.3 is 0 Å². The van der Waals surface area contributed by atoms with Crippen LogP contribution in [0.1, 0.15) is 55.9 Å². The van der Waals surface area contributed by atoms with E-state index in [2.05, 4.69) is 60.7 Å². The average Bonchev–Trinajstić information content (AvgIpc) is 3.19. The fourth-order valence-electron chi connectivity index (χ4n) is 3.77. The molecular weight excluding hydrogens is 374 g/mol. The van der Waals surface area contributed by atoms with E-state index in [1.165, 1.54) is 35.6 Å². The summed E-state index contributed by atoms with van der Waals surface area (Å²) in [6.07, 6.45) is 7.93. The van der Waals surface area contributed by atoms with Crippen molar-refractivity contribution in [2.24, 2.45) is 0 Å². The number of aromatic nitrogens is 2. The number of anilines is 1. The van der Waals surface area contributed by atoms with Crippen LogP contribution in [0, 0.1) is 0 Å². The average molecular weight is 402 g/mol. The minimum absolute atomic E-state index is 0.104. The maximum atomic E-state index is 12.4. The van der Waals surface area contributed by atoms with E-state index >= 15 is 0 Å². The Hall–Kier alpha value is -3.21. The van der Waals surface area contributed by atoms with Gasteiger partial charge in [-0.15, -0.1) is 0 Å². The number of fused-ring (bicyclic) bond motifs is 1. The number of nitrogens with one attached hydrogen (secondary N) is 1. The quantitative estimate of drug-likeness (QED) is 0.581. The van der Waals surface area contributed by atoms with Gasteiger partial charge in [-0.05, 0) is 75.8 Å². The molecule has 5 nitrogen and oxygen atoms in total. The highest BCUT2D eigenvalue weighted by atomic mass is 16.6. The van der Waals surface area contributed by atoms with Gasteiger partial charge in [0.15, 0.2) is 5.69 Å². The third-order valence-corrected chi connectivity index (χ3v) is 5.56. The van der Waals surface area contributed by atoms with E-state index in [0.717, 1.165) is 24.0 Å². The molecule has 3 aromatic rings. The minimum Gasteiger partial charge on any atom is -0.302 e. The van der Waals surface area contributed by atoms with Crippen LogP contribution in [0.5, 0.6) is 0 Å². The molecule has 0 atom stereocenters. The summed E-state index contributed by atoms with van der Waals surface area (Å²) in [5.74, 6) is 0.0632. The van der Waals surface area contributed by atoms with Gasteiger partial charge in [-0.3, -0.25) is 4.79 Å². The summed E-state index contributed by atoms with van der Waals surface area (Å²) in [6, 6.07) is 14.5. The van der Waals surface area contributed by atoms with E-state index in [4.69, 9.17) is 4.63 Å². The lowest BCUT2D eigenvalue weighted by atomic mass is 9.87. The minimum atomic E-state index is -0.273. The molecule has 0 saturated heterocycles. The first-order valence-corrected chi connectivity index (χ1v) is 10.4. The molecule has 1 aromatic heterocycles. The lowest BCUT2D eigenvalue weighted by molar-refractivity contribution is -0.111. The largest absolute Gasteiger partial charge is 0.302 e. The maximum Gasteiger partial charge on any atom is 0.249 e. The van der Waals surface area contributed by atoms with E-state index in [0.29, 0.717) is 11.5 Å². The molecule has 0 unspecified atom stereocenters. The molecule has 0 fully saturated rings. The van der Waals surface area contributed by atoms with Crippen molar-refractivity contribution in [3.05, 3.63) is 70.8 Å². The van der Waals surface area contributed by atoms with E-state index < -0.39 is 0 Å². The van der Waals surface area contributed by atoms with Gasteiger partial charge in [0.25, 0.3) is 0 Å². The normalized spacial score (nSPS) is 14.0. The molecule has 2 aromatic carbocycles. The second-order valence-corrected chi connectivity index (χ2v) is 8.85. The summed E-state index contributed by atoms with van der Waals surface area (Å²) >= 11 is 0. The molecule has 4 rings (SSSR count). The standard InChI is InChI=1S/C25H27N3O2/c1-25(2,3)21-13-8-17(9-14-21)10-15-22(29)26-24-23(27-30-28-24)20-12-11-18-6-4-5-7-19(18)16-20/h8-16H,4-7H2,1-3H3,(H,26,28,29)/b15-10+. The fourth-order valence-corrected chi connectivity index (χ4v) is 3.77. The summed E-state index contributed by atoms with van der Waals surface area (Å²) in [4.78, 5) is 12.4. The van der Waals surface area contributed by atoms with Crippen molar-refractivity contribution in [3.63, 3.8) is 0 Å². The Balaban J connectivity index is 1.46. The number of carbonyl (C=O) groups excluding carboxylic acids is 1. The van der Waals surface area contributed by atoms with Crippen LogP contribution >= 0.6 is 0 Å². The Kier molecular flexibility index (Phi) is 5.53.